The molecule has 0 bridgehead atoms. The third-order valence-corrected chi connectivity index (χ3v) is 5.59. The van der Waals surface area contributed by atoms with Crippen molar-refractivity contribution in [2.24, 2.45) is 0 Å². The number of esters is 1. The van der Waals surface area contributed by atoms with Gasteiger partial charge in [0.1, 0.15) is 30.5 Å². The molecule has 1 N–H and O–H groups in total. The Morgan fingerprint density at radius 3 is 1.80 bits per heavy atom. The maximum absolute atomic E-state index is 11.1. The third kappa shape index (κ3) is 8.55. The van der Waals surface area contributed by atoms with Crippen LogP contribution in [0, 0.1) is 0 Å². The second-order valence-corrected chi connectivity index (χ2v) is 8.43. The number of hydrogen-bond donors (Lipinski definition) is 1. The molecule has 2 heterocycles. The average molecular weight is 483 g/mol. The summed E-state index contributed by atoms with van der Waals surface area (Å²) in [5.74, 6) is -0.322. The first-order valence-corrected chi connectivity index (χ1v) is 11.7. The van der Waals surface area contributed by atoms with Crippen LogP contribution in [0.25, 0.3) is 0 Å². The lowest BCUT2D eigenvalue weighted by molar-refractivity contribution is -0.161. The van der Waals surface area contributed by atoms with Gasteiger partial charge in [-0.05, 0) is 37.1 Å². The fraction of sp³-hybridized carbons (Fsp3) is 0.393. The van der Waals surface area contributed by atoms with Crippen molar-refractivity contribution in [2.45, 2.75) is 70.6 Å². The van der Waals surface area contributed by atoms with Crippen LogP contribution in [0.15, 0.2) is 85.3 Å². The van der Waals surface area contributed by atoms with Crippen molar-refractivity contribution in [2.75, 3.05) is 0 Å². The molecule has 0 amide bonds. The van der Waals surface area contributed by atoms with E-state index in [1.807, 2.05) is 74.5 Å². The van der Waals surface area contributed by atoms with E-state index >= 15 is 0 Å². The van der Waals surface area contributed by atoms with Gasteiger partial charge in [0.25, 0.3) is 0 Å². The minimum Gasteiger partial charge on any atom is -0.496 e. The Bertz CT molecular complexity index is 944. The summed E-state index contributed by atoms with van der Waals surface area (Å²) in [5.41, 5.74) is 2.17. The largest absolute Gasteiger partial charge is 0.496 e. The zero-order valence-electron chi connectivity index (χ0n) is 20.4. The first-order chi connectivity index (χ1) is 16.9. The van der Waals surface area contributed by atoms with Crippen molar-refractivity contribution >= 4 is 5.97 Å². The van der Waals surface area contributed by atoms with Gasteiger partial charge in [-0.2, -0.15) is 0 Å². The molecule has 0 radical (unpaired) electrons. The van der Waals surface area contributed by atoms with Gasteiger partial charge in [0.15, 0.2) is 6.10 Å². The molecule has 2 aromatic rings. The van der Waals surface area contributed by atoms with E-state index in [1.54, 1.807) is 18.4 Å². The molecule has 188 valence electrons. The van der Waals surface area contributed by atoms with E-state index < -0.39 is 12.2 Å². The Kier molecular flexibility index (Phi) is 10.3. The Morgan fingerprint density at radius 1 is 0.800 bits per heavy atom. The number of rotatable bonds is 7. The molecule has 0 aromatic heterocycles. The zero-order chi connectivity index (χ0) is 25.0. The summed E-state index contributed by atoms with van der Waals surface area (Å²) in [7, 11) is 0. The number of aliphatic hydroxyl groups excluding tert-OH is 1. The third-order valence-electron chi connectivity index (χ3n) is 5.59. The molecule has 0 saturated heterocycles. The standard InChI is InChI=1S/C15H18O4.C13H16O3/c1-11-15(14(8-9-17-11)19-12(2)16)18-10-13-6-4-3-5-7-13;1-10-13(12(14)7-8-15-10)16-9-11-5-3-2-4-6-11/h3-9,11,14-15H,10H2,1-2H3;2-8,10,12-14H,9H2,1H3/t11-,14-,15-;10-,12-,13-/m00/s1. The Balaban J connectivity index is 0.000000198. The molecule has 0 fully saturated rings. The molecule has 7 nitrogen and oxygen atoms in total. The van der Waals surface area contributed by atoms with Crippen LogP contribution in [0.5, 0.6) is 0 Å². The molecule has 2 aromatic carbocycles. The molecule has 2 aliphatic rings. The first kappa shape index (κ1) is 26.5. The smallest absolute Gasteiger partial charge is 0.303 e. The molecular formula is C28H34O7. The van der Waals surface area contributed by atoms with E-state index in [-0.39, 0.29) is 30.4 Å². The van der Waals surface area contributed by atoms with Crippen molar-refractivity contribution in [3.8, 4) is 0 Å². The number of hydrogen-bond acceptors (Lipinski definition) is 7. The van der Waals surface area contributed by atoms with E-state index in [0.29, 0.717) is 13.2 Å². The summed E-state index contributed by atoms with van der Waals surface area (Å²) in [4.78, 5) is 11.1. The minimum absolute atomic E-state index is 0.122. The van der Waals surface area contributed by atoms with Gasteiger partial charge >= 0.3 is 5.97 Å². The number of benzene rings is 2. The monoisotopic (exact) mass is 482 g/mol. The molecule has 4 rings (SSSR count). The lowest BCUT2D eigenvalue weighted by Gasteiger charge is -2.32. The highest BCUT2D eigenvalue weighted by Crippen LogP contribution is 2.20. The summed E-state index contributed by atoms with van der Waals surface area (Å²) in [6.07, 6.45) is 4.53. The second-order valence-electron chi connectivity index (χ2n) is 8.43. The average Bonchev–Trinajstić information content (AvgIpc) is 2.85. The molecule has 0 aliphatic carbocycles. The Hall–Kier alpha value is -3.13. The van der Waals surface area contributed by atoms with Crippen LogP contribution < -0.4 is 0 Å². The summed E-state index contributed by atoms with van der Waals surface area (Å²) in [5, 5.41) is 9.73. The number of ether oxygens (including phenoxy) is 5. The van der Waals surface area contributed by atoms with Crippen LogP contribution in [0.2, 0.25) is 0 Å². The normalized spacial score (nSPS) is 27.1. The van der Waals surface area contributed by atoms with Gasteiger partial charge < -0.3 is 28.8 Å². The molecule has 0 saturated carbocycles. The molecule has 7 heteroatoms. The van der Waals surface area contributed by atoms with E-state index in [0.717, 1.165) is 11.1 Å². The predicted octanol–water partition coefficient (Wildman–Crippen LogP) is 4.30. The summed E-state index contributed by atoms with van der Waals surface area (Å²) in [6.45, 7) is 6.13. The summed E-state index contributed by atoms with van der Waals surface area (Å²) < 4.78 is 27.4. The summed E-state index contributed by atoms with van der Waals surface area (Å²) >= 11 is 0. The Morgan fingerprint density at radius 2 is 1.29 bits per heavy atom. The van der Waals surface area contributed by atoms with Gasteiger partial charge in [0, 0.05) is 6.92 Å². The highest BCUT2D eigenvalue weighted by molar-refractivity contribution is 5.66. The second kappa shape index (κ2) is 13.7. The first-order valence-electron chi connectivity index (χ1n) is 11.7. The van der Waals surface area contributed by atoms with Gasteiger partial charge in [-0.1, -0.05) is 60.7 Å². The van der Waals surface area contributed by atoms with Crippen LogP contribution in [-0.2, 0) is 41.7 Å². The van der Waals surface area contributed by atoms with Crippen molar-refractivity contribution < 1.29 is 33.6 Å². The SMILES string of the molecule is CC(=O)O[C@H]1C=CO[C@@H](C)[C@@H]1OCc1ccccc1.C[C@@H]1OC=C[C@H](O)[C@H]1OCc1ccccc1. The topological polar surface area (TPSA) is 83.5 Å². The van der Waals surface area contributed by atoms with Crippen LogP contribution in [0.1, 0.15) is 31.9 Å². The zero-order valence-corrected chi connectivity index (χ0v) is 20.4. The highest BCUT2D eigenvalue weighted by atomic mass is 16.6. The van der Waals surface area contributed by atoms with Gasteiger partial charge in [0.05, 0.1) is 25.7 Å². The molecule has 35 heavy (non-hydrogen) atoms. The van der Waals surface area contributed by atoms with Crippen molar-refractivity contribution in [3.63, 3.8) is 0 Å². The predicted molar refractivity (Wildman–Crippen MR) is 131 cm³/mol. The lowest BCUT2D eigenvalue weighted by atomic mass is 10.1. The van der Waals surface area contributed by atoms with Gasteiger partial charge in [-0.3, -0.25) is 4.79 Å². The van der Waals surface area contributed by atoms with Crippen LogP contribution in [-0.4, -0.2) is 47.7 Å². The van der Waals surface area contributed by atoms with E-state index in [9.17, 15) is 9.90 Å². The van der Waals surface area contributed by atoms with Crippen LogP contribution >= 0.6 is 0 Å². The fourth-order valence-corrected chi connectivity index (χ4v) is 3.71. The number of aliphatic hydroxyl groups is 1. The molecule has 0 unspecified atom stereocenters. The van der Waals surface area contributed by atoms with E-state index in [1.165, 1.54) is 13.2 Å². The molecular weight excluding hydrogens is 448 g/mol. The molecule has 0 spiro atoms. The Labute approximate surface area is 206 Å². The lowest BCUT2D eigenvalue weighted by Crippen LogP contribution is -2.42. The maximum atomic E-state index is 11.1. The minimum atomic E-state index is -0.590. The van der Waals surface area contributed by atoms with Gasteiger partial charge in [-0.25, -0.2) is 0 Å². The molecule has 6 atom stereocenters. The van der Waals surface area contributed by atoms with Gasteiger partial charge in [-0.15, -0.1) is 0 Å². The molecule has 2 aliphatic heterocycles. The quantitative estimate of drug-likeness (QED) is 0.589. The van der Waals surface area contributed by atoms with E-state index in [4.69, 9.17) is 23.7 Å². The number of carbonyl (C=O) groups is 1. The van der Waals surface area contributed by atoms with Crippen LogP contribution in [0.3, 0.4) is 0 Å². The van der Waals surface area contributed by atoms with Crippen molar-refractivity contribution in [1.82, 2.24) is 0 Å². The highest BCUT2D eigenvalue weighted by Gasteiger charge is 2.32. The van der Waals surface area contributed by atoms with E-state index in [2.05, 4.69) is 0 Å². The van der Waals surface area contributed by atoms with Crippen LogP contribution in [0.4, 0.5) is 0 Å². The summed E-state index contributed by atoms with van der Waals surface area (Å²) in [6, 6.07) is 19.8. The number of carbonyl (C=O) groups excluding carboxylic acids is 1. The fourth-order valence-electron chi connectivity index (χ4n) is 3.71. The maximum Gasteiger partial charge on any atom is 0.303 e. The van der Waals surface area contributed by atoms with Gasteiger partial charge in [0.2, 0.25) is 0 Å². The van der Waals surface area contributed by atoms with Crippen molar-refractivity contribution in [3.05, 3.63) is 96.5 Å². The van der Waals surface area contributed by atoms with Crippen molar-refractivity contribution in [1.29, 1.82) is 0 Å².